The maximum absolute atomic E-state index is 12.8. The van der Waals surface area contributed by atoms with E-state index >= 15 is 0 Å². The first-order chi connectivity index (χ1) is 14.4. The fraction of sp³-hybridized carbons (Fsp3) is 0.136. The molecule has 0 aliphatic heterocycles. The molecule has 0 atom stereocenters. The van der Waals surface area contributed by atoms with Crippen LogP contribution < -0.4 is 19.5 Å². The van der Waals surface area contributed by atoms with Gasteiger partial charge >= 0.3 is 0 Å². The van der Waals surface area contributed by atoms with Crippen molar-refractivity contribution in [2.75, 3.05) is 17.1 Å². The lowest BCUT2D eigenvalue weighted by molar-refractivity contribution is -0.115. The summed E-state index contributed by atoms with van der Waals surface area (Å²) in [7, 11) is -2.43. The Morgan fingerprint density at radius 3 is 2.23 bits per heavy atom. The maximum atomic E-state index is 12.8. The Morgan fingerprint density at radius 2 is 1.60 bits per heavy atom. The summed E-state index contributed by atoms with van der Waals surface area (Å²) in [6.07, 6.45) is 0.260. The lowest BCUT2D eigenvalue weighted by Gasteiger charge is -2.13. The molecule has 0 bridgehead atoms. The molecule has 156 valence electrons. The van der Waals surface area contributed by atoms with Gasteiger partial charge in [-0.25, -0.2) is 8.42 Å². The summed E-state index contributed by atoms with van der Waals surface area (Å²) in [5.41, 5.74) is 0.671. The van der Waals surface area contributed by atoms with Gasteiger partial charge in [-0.1, -0.05) is 25.1 Å². The van der Waals surface area contributed by atoms with Crippen molar-refractivity contribution < 1.29 is 22.7 Å². The second kappa shape index (κ2) is 9.32. The van der Waals surface area contributed by atoms with Crippen LogP contribution in [0.4, 0.5) is 11.4 Å². The van der Waals surface area contributed by atoms with Gasteiger partial charge in [0, 0.05) is 12.1 Å². The van der Waals surface area contributed by atoms with Crippen LogP contribution >= 0.6 is 0 Å². The van der Waals surface area contributed by atoms with Crippen LogP contribution in [-0.2, 0) is 14.8 Å². The maximum Gasteiger partial charge on any atom is 0.261 e. The minimum absolute atomic E-state index is 0.000634. The predicted molar refractivity (Wildman–Crippen MR) is 116 cm³/mol. The number of rotatable bonds is 8. The Balaban J connectivity index is 1.77. The summed E-state index contributed by atoms with van der Waals surface area (Å²) in [4.78, 5) is 11.7. The van der Waals surface area contributed by atoms with Gasteiger partial charge in [-0.2, -0.15) is 0 Å². The van der Waals surface area contributed by atoms with Gasteiger partial charge in [0.15, 0.2) is 0 Å². The van der Waals surface area contributed by atoms with Crippen molar-refractivity contribution in [1.82, 2.24) is 0 Å². The van der Waals surface area contributed by atoms with Gasteiger partial charge in [-0.05, 0) is 54.6 Å². The lowest BCUT2D eigenvalue weighted by Crippen LogP contribution is -2.15. The van der Waals surface area contributed by atoms with E-state index in [9.17, 15) is 13.2 Å². The molecule has 3 rings (SSSR count). The largest absolute Gasteiger partial charge is 0.495 e. The molecule has 1 amide bonds. The van der Waals surface area contributed by atoms with Crippen LogP contribution in [0.5, 0.6) is 17.2 Å². The van der Waals surface area contributed by atoms with Gasteiger partial charge in [0.25, 0.3) is 10.0 Å². The summed E-state index contributed by atoms with van der Waals surface area (Å²) < 4.78 is 39.0. The van der Waals surface area contributed by atoms with E-state index in [1.165, 1.54) is 25.3 Å². The lowest BCUT2D eigenvalue weighted by atomic mass is 10.3. The van der Waals surface area contributed by atoms with Crippen molar-refractivity contribution in [2.24, 2.45) is 0 Å². The normalized spacial score (nSPS) is 10.9. The first kappa shape index (κ1) is 21.2. The van der Waals surface area contributed by atoms with E-state index in [4.69, 9.17) is 9.47 Å². The highest BCUT2D eigenvalue weighted by atomic mass is 32.2. The van der Waals surface area contributed by atoms with Crippen molar-refractivity contribution in [3.63, 3.8) is 0 Å². The first-order valence-electron chi connectivity index (χ1n) is 9.25. The van der Waals surface area contributed by atoms with Gasteiger partial charge in [0.05, 0.1) is 17.7 Å². The first-order valence-corrected chi connectivity index (χ1v) is 10.7. The zero-order chi connectivity index (χ0) is 21.6. The molecule has 30 heavy (non-hydrogen) atoms. The van der Waals surface area contributed by atoms with E-state index in [-0.39, 0.29) is 17.2 Å². The van der Waals surface area contributed by atoms with E-state index in [1.807, 2.05) is 30.3 Å². The van der Waals surface area contributed by atoms with Crippen molar-refractivity contribution in [3.8, 4) is 17.2 Å². The van der Waals surface area contributed by atoms with Crippen LogP contribution in [-0.4, -0.2) is 21.4 Å². The van der Waals surface area contributed by atoms with Crippen LogP contribution in [0.3, 0.4) is 0 Å². The molecule has 0 fully saturated rings. The summed E-state index contributed by atoms with van der Waals surface area (Å²) in [5, 5.41) is 2.65. The Kier molecular flexibility index (Phi) is 6.58. The number of nitrogens with one attached hydrogen (secondary N) is 2. The van der Waals surface area contributed by atoms with Crippen molar-refractivity contribution in [1.29, 1.82) is 0 Å². The number of amides is 1. The number of hydrogen-bond donors (Lipinski definition) is 2. The number of ether oxygens (including phenoxy) is 2. The van der Waals surface area contributed by atoms with Gasteiger partial charge in [0.2, 0.25) is 5.91 Å². The second-order valence-corrected chi connectivity index (χ2v) is 7.99. The Hall–Kier alpha value is -3.52. The summed E-state index contributed by atoms with van der Waals surface area (Å²) >= 11 is 0. The number of benzene rings is 3. The minimum atomic E-state index is -3.87. The van der Waals surface area contributed by atoms with Crippen LogP contribution in [0.15, 0.2) is 77.7 Å². The molecule has 2 N–H and O–H groups in total. The molecule has 8 heteroatoms. The topological polar surface area (TPSA) is 93.7 Å². The number of carbonyl (C=O) groups excluding carboxylic acids is 1. The van der Waals surface area contributed by atoms with Gasteiger partial charge in [-0.3, -0.25) is 9.52 Å². The molecule has 0 spiro atoms. The predicted octanol–water partition coefficient (Wildman–Crippen LogP) is 4.64. The number of anilines is 2. The molecular formula is C22H22N2O5S. The number of carbonyl (C=O) groups is 1. The highest BCUT2D eigenvalue weighted by Crippen LogP contribution is 2.29. The molecule has 0 saturated carbocycles. The molecule has 0 saturated heterocycles. The Labute approximate surface area is 175 Å². The SMILES string of the molecule is CCC(=O)Nc1cc(S(=O)(=O)Nc2ccc(Oc3ccccc3)cc2)ccc1OC. The third-order valence-corrected chi connectivity index (χ3v) is 5.54. The molecule has 7 nitrogen and oxygen atoms in total. The monoisotopic (exact) mass is 426 g/mol. The summed E-state index contributed by atoms with van der Waals surface area (Å²) in [6, 6.07) is 20.1. The smallest absolute Gasteiger partial charge is 0.261 e. The van der Waals surface area contributed by atoms with Crippen molar-refractivity contribution >= 4 is 27.3 Å². The number of hydrogen-bond acceptors (Lipinski definition) is 5. The molecule has 0 unspecified atom stereocenters. The zero-order valence-electron chi connectivity index (χ0n) is 16.6. The molecule has 0 radical (unpaired) electrons. The fourth-order valence-electron chi connectivity index (χ4n) is 2.62. The van der Waals surface area contributed by atoms with Crippen molar-refractivity contribution in [3.05, 3.63) is 72.8 Å². The summed E-state index contributed by atoms with van der Waals surface area (Å²) in [5.74, 6) is 1.40. The second-order valence-electron chi connectivity index (χ2n) is 6.31. The average Bonchev–Trinajstić information content (AvgIpc) is 2.75. The van der Waals surface area contributed by atoms with E-state index in [2.05, 4.69) is 10.0 Å². The zero-order valence-corrected chi connectivity index (χ0v) is 17.4. The Bertz CT molecular complexity index is 1110. The van der Waals surface area contributed by atoms with Crippen LogP contribution in [0.1, 0.15) is 13.3 Å². The van der Waals surface area contributed by atoms with E-state index in [0.29, 0.717) is 28.6 Å². The number of para-hydroxylation sites is 1. The molecular weight excluding hydrogens is 404 g/mol. The molecule has 0 heterocycles. The van der Waals surface area contributed by atoms with E-state index < -0.39 is 10.0 Å². The van der Waals surface area contributed by atoms with Crippen LogP contribution in [0.25, 0.3) is 0 Å². The standard InChI is InChI=1S/C22H22N2O5S/c1-3-22(25)23-20-15-19(13-14-21(20)28-2)30(26,27)24-16-9-11-18(12-10-16)29-17-7-5-4-6-8-17/h4-15,24H,3H2,1-2H3,(H,23,25). The Morgan fingerprint density at radius 1 is 0.933 bits per heavy atom. The molecule has 3 aromatic carbocycles. The quantitative estimate of drug-likeness (QED) is 0.547. The van der Waals surface area contributed by atoms with E-state index in [0.717, 1.165) is 0 Å². The average molecular weight is 426 g/mol. The van der Waals surface area contributed by atoms with Gasteiger partial charge in [0.1, 0.15) is 17.2 Å². The highest BCUT2D eigenvalue weighted by Gasteiger charge is 2.18. The number of sulfonamides is 1. The van der Waals surface area contributed by atoms with Gasteiger partial charge < -0.3 is 14.8 Å². The van der Waals surface area contributed by atoms with Crippen molar-refractivity contribution in [2.45, 2.75) is 18.2 Å². The van der Waals surface area contributed by atoms with Crippen LogP contribution in [0.2, 0.25) is 0 Å². The summed E-state index contributed by atoms with van der Waals surface area (Å²) in [6.45, 7) is 1.70. The molecule has 0 aliphatic rings. The fourth-order valence-corrected chi connectivity index (χ4v) is 3.70. The number of methoxy groups -OCH3 is 1. The van der Waals surface area contributed by atoms with Crippen LogP contribution in [0, 0.1) is 0 Å². The minimum Gasteiger partial charge on any atom is -0.495 e. The van der Waals surface area contributed by atoms with E-state index in [1.54, 1.807) is 31.2 Å². The molecule has 0 aromatic heterocycles. The van der Waals surface area contributed by atoms with Gasteiger partial charge in [-0.15, -0.1) is 0 Å². The molecule has 3 aromatic rings. The third kappa shape index (κ3) is 5.30. The third-order valence-electron chi connectivity index (χ3n) is 4.16. The highest BCUT2D eigenvalue weighted by molar-refractivity contribution is 7.92. The molecule has 0 aliphatic carbocycles.